The van der Waals surface area contributed by atoms with E-state index in [1.165, 1.54) is 24.1 Å². The normalized spacial score (nSPS) is 15.1. The molecule has 1 aliphatic rings. The van der Waals surface area contributed by atoms with E-state index in [1.807, 2.05) is 10.7 Å². The summed E-state index contributed by atoms with van der Waals surface area (Å²) in [6.07, 6.45) is 4.18. The lowest BCUT2D eigenvalue weighted by atomic mass is 10.0. The highest BCUT2D eigenvalue weighted by molar-refractivity contribution is 6.30. The van der Waals surface area contributed by atoms with E-state index in [1.54, 1.807) is 6.20 Å². The van der Waals surface area contributed by atoms with Gasteiger partial charge >= 0.3 is 0 Å². The number of nitrogens with zero attached hydrogens (tertiary/aromatic N) is 3. The van der Waals surface area contributed by atoms with Crippen LogP contribution in [0.5, 0.6) is 0 Å². The summed E-state index contributed by atoms with van der Waals surface area (Å²) >= 11 is 6.32. The SMILES string of the molecule is Cc1nn(-c2ccnc(Cl)c2C2CC2)c(C)c1C(C)C. The average Bonchev–Trinajstić information content (AvgIpc) is 3.15. The summed E-state index contributed by atoms with van der Waals surface area (Å²) in [5, 5.41) is 5.37. The minimum absolute atomic E-state index is 0.477. The van der Waals surface area contributed by atoms with Crippen LogP contribution in [0.25, 0.3) is 5.69 Å². The molecule has 0 bridgehead atoms. The second-order valence-corrected chi connectivity index (χ2v) is 6.32. The van der Waals surface area contributed by atoms with E-state index in [2.05, 4.69) is 32.7 Å². The smallest absolute Gasteiger partial charge is 0.134 e. The number of aromatic nitrogens is 3. The van der Waals surface area contributed by atoms with Crippen LogP contribution < -0.4 is 0 Å². The molecule has 3 nitrogen and oxygen atoms in total. The molecule has 0 unspecified atom stereocenters. The molecule has 0 aromatic carbocycles. The maximum absolute atomic E-state index is 6.32. The van der Waals surface area contributed by atoms with Gasteiger partial charge in [0.1, 0.15) is 5.15 Å². The molecule has 1 saturated carbocycles. The molecule has 20 heavy (non-hydrogen) atoms. The van der Waals surface area contributed by atoms with Gasteiger partial charge in [0, 0.05) is 17.5 Å². The van der Waals surface area contributed by atoms with Crippen LogP contribution in [-0.4, -0.2) is 14.8 Å². The number of aryl methyl sites for hydroxylation is 1. The Labute approximate surface area is 125 Å². The lowest BCUT2D eigenvalue weighted by Crippen LogP contribution is -2.05. The van der Waals surface area contributed by atoms with Crippen LogP contribution in [0.15, 0.2) is 12.3 Å². The van der Waals surface area contributed by atoms with E-state index < -0.39 is 0 Å². The largest absolute Gasteiger partial charge is 0.244 e. The number of pyridine rings is 1. The molecule has 1 aliphatic carbocycles. The second kappa shape index (κ2) is 4.88. The first-order chi connectivity index (χ1) is 9.50. The van der Waals surface area contributed by atoms with Crippen molar-refractivity contribution in [2.45, 2.75) is 52.4 Å². The first kappa shape index (κ1) is 13.6. The minimum Gasteiger partial charge on any atom is -0.244 e. The molecule has 0 spiro atoms. The van der Waals surface area contributed by atoms with Crippen molar-refractivity contribution in [3.63, 3.8) is 0 Å². The Bertz CT molecular complexity index is 654. The molecular weight excluding hydrogens is 270 g/mol. The van der Waals surface area contributed by atoms with Crippen LogP contribution in [0.3, 0.4) is 0 Å². The predicted molar refractivity (Wildman–Crippen MR) is 81.9 cm³/mol. The van der Waals surface area contributed by atoms with E-state index >= 15 is 0 Å². The molecule has 0 saturated heterocycles. The van der Waals surface area contributed by atoms with Gasteiger partial charge in [-0.05, 0) is 50.2 Å². The first-order valence-corrected chi connectivity index (χ1v) is 7.59. The Kier molecular flexibility index (Phi) is 3.33. The van der Waals surface area contributed by atoms with Gasteiger partial charge in [-0.25, -0.2) is 9.67 Å². The highest BCUT2D eigenvalue weighted by Crippen LogP contribution is 2.45. The molecule has 1 fully saturated rings. The molecule has 0 N–H and O–H groups in total. The Hall–Kier alpha value is -1.35. The quantitative estimate of drug-likeness (QED) is 0.777. The van der Waals surface area contributed by atoms with Crippen molar-refractivity contribution in [1.29, 1.82) is 0 Å². The van der Waals surface area contributed by atoms with Crippen LogP contribution in [-0.2, 0) is 0 Å². The van der Waals surface area contributed by atoms with Crippen LogP contribution in [0.1, 0.15) is 61.0 Å². The molecular formula is C16H20ClN3. The van der Waals surface area contributed by atoms with Gasteiger partial charge in [0.05, 0.1) is 11.4 Å². The number of hydrogen-bond donors (Lipinski definition) is 0. The molecule has 0 radical (unpaired) electrons. The summed E-state index contributed by atoms with van der Waals surface area (Å²) in [4.78, 5) is 4.24. The van der Waals surface area contributed by atoms with Crippen molar-refractivity contribution < 1.29 is 0 Å². The standard InChI is InChI=1S/C16H20ClN3/c1-9(2)14-10(3)19-20(11(14)4)13-7-8-18-16(17)15(13)12-5-6-12/h7-9,12H,5-6H2,1-4H3. The summed E-state index contributed by atoms with van der Waals surface area (Å²) in [5.41, 5.74) is 5.91. The first-order valence-electron chi connectivity index (χ1n) is 7.21. The lowest BCUT2D eigenvalue weighted by molar-refractivity contribution is 0.808. The molecule has 3 rings (SSSR count). The van der Waals surface area contributed by atoms with Gasteiger partial charge in [0.25, 0.3) is 0 Å². The van der Waals surface area contributed by atoms with Gasteiger partial charge in [-0.1, -0.05) is 25.4 Å². The topological polar surface area (TPSA) is 30.7 Å². The minimum atomic E-state index is 0.477. The van der Waals surface area contributed by atoms with Gasteiger partial charge in [-0.2, -0.15) is 5.10 Å². The van der Waals surface area contributed by atoms with Crippen LogP contribution in [0.2, 0.25) is 5.15 Å². The molecule has 106 valence electrons. The Morgan fingerprint density at radius 3 is 2.55 bits per heavy atom. The zero-order valence-corrected chi connectivity index (χ0v) is 13.2. The zero-order chi connectivity index (χ0) is 14.4. The molecule has 0 aliphatic heterocycles. The maximum Gasteiger partial charge on any atom is 0.134 e. The molecule has 2 aromatic heterocycles. The highest BCUT2D eigenvalue weighted by Gasteiger charge is 2.30. The average molecular weight is 290 g/mol. The van der Waals surface area contributed by atoms with E-state index in [9.17, 15) is 0 Å². The third kappa shape index (κ3) is 2.14. The number of rotatable bonds is 3. The van der Waals surface area contributed by atoms with Crippen molar-refractivity contribution in [3.05, 3.63) is 39.9 Å². The van der Waals surface area contributed by atoms with Crippen molar-refractivity contribution in [2.75, 3.05) is 0 Å². The lowest BCUT2D eigenvalue weighted by Gasteiger charge is -2.12. The molecule has 2 aromatic rings. The van der Waals surface area contributed by atoms with Crippen LogP contribution >= 0.6 is 11.6 Å². The maximum atomic E-state index is 6.32. The molecule has 2 heterocycles. The number of halogens is 1. The van der Waals surface area contributed by atoms with Crippen LogP contribution in [0.4, 0.5) is 0 Å². The highest BCUT2D eigenvalue weighted by atomic mass is 35.5. The third-order valence-corrected chi connectivity index (χ3v) is 4.36. The third-order valence-electron chi connectivity index (χ3n) is 4.06. The van der Waals surface area contributed by atoms with Crippen molar-refractivity contribution in [3.8, 4) is 5.69 Å². The fraction of sp³-hybridized carbons (Fsp3) is 0.500. The molecule has 4 heteroatoms. The molecule has 0 atom stereocenters. The predicted octanol–water partition coefficient (Wildman–Crippen LogP) is 4.54. The van der Waals surface area contributed by atoms with Gasteiger partial charge < -0.3 is 0 Å². The van der Waals surface area contributed by atoms with Crippen molar-refractivity contribution in [1.82, 2.24) is 14.8 Å². The van der Waals surface area contributed by atoms with Gasteiger partial charge in [-0.15, -0.1) is 0 Å². The Morgan fingerprint density at radius 1 is 1.30 bits per heavy atom. The van der Waals surface area contributed by atoms with Gasteiger partial charge in [-0.3, -0.25) is 0 Å². The van der Waals surface area contributed by atoms with Crippen molar-refractivity contribution in [2.24, 2.45) is 0 Å². The van der Waals surface area contributed by atoms with Crippen LogP contribution in [0, 0.1) is 13.8 Å². The summed E-state index contributed by atoms with van der Waals surface area (Å²) < 4.78 is 2.05. The summed E-state index contributed by atoms with van der Waals surface area (Å²) in [6, 6.07) is 2.03. The number of hydrogen-bond acceptors (Lipinski definition) is 2. The van der Waals surface area contributed by atoms with E-state index in [4.69, 9.17) is 16.7 Å². The van der Waals surface area contributed by atoms with Crippen molar-refractivity contribution >= 4 is 11.6 Å². The summed E-state index contributed by atoms with van der Waals surface area (Å²) in [6.45, 7) is 8.64. The Balaban J connectivity index is 2.19. The monoisotopic (exact) mass is 289 g/mol. The van der Waals surface area contributed by atoms with E-state index in [0.717, 1.165) is 16.9 Å². The molecule has 0 amide bonds. The fourth-order valence-corrected chi connectivity index (χ4v) is 3.40. The van der Waals surface area contributed by atoms with E-state index in [-0.39, 0.29) is 0 Å². The summed E-state index contributed by atoms with van der Waals surface area (Å²) in [7, 11) is 0. The van der Waals surface area contributed by atoms with Gasteiger partial charge in [0.2, 0.25) is 0 Å². The zero-order valence-electron chi connectivity index (χ0n) is 12.4. The Morgan fingerprint density at radius 2 is 2.00 bits per heavy atom. The summed E-state index contributed by atoms with van der Waals surface area (Å²) in [5.74, 6) is 1.03. The fourth-order valence-electron chi connectivity index (χ4n) is 3.10. The van der Waals surface area contributed by atoms with Gasteiger partial charge in [0.15, 0.2) is 0 Å². The van der Waals surface area contributed by atoms with E-state index in [0.29, 0.717) is 17.0 Å². The second-order valence-electron chi connectivity index (χ2n) is 5.96.